The third kappa shape index (κ3) is 2.03. The highest BCUT2D eigenvalue weighted by atomic mass is 79.9. The van der Waals surface area contributed by atoms with Crippen LogP contribution in [0.25, 0.3) is 11.4 Å². The largest absolute Gasteiger partial charge is 0.393 e. The fourth-order valence-electron chi connectivity index (χ4n) is 2.27. The normalized spacial score (nSPS) is 19.1. The number of hydrogen-bond donors (Lipinski definition) is 1. The predicted molar refractivity (Wildman–Crippen MR) is 69.7 cm³/mol. The van der Waals surface area contributed by atoms with Crippen molar-refractivity contribution in [3.63, 3.8) is 0 Å². The molecule has 1 aromatic carbocycles. The fourth-order valence-corrected chi connectivity index (χ4v) is 2.54. The molecule has 2 heterocycles. The van der Waals surface area contributed by atoms with Gasteiger partial charge < -0.3 is 9.67 Å². The minimum absolute atomic E-state index is 0.211. The molecule has 0 saturated heterocycles. The second-order valence-corrected chi connectivity index (χ2v) is 5.29. The zero-order valence-corrected chi connectivity index (χ0v) is 10.9. The van der Waals surface area contributed by atoms with Crippen LogP contribution in [0.3, 0.4) is 0 Å². The van der Waals surface area contributed by atoms with Crippen molar-refractivity contribution >= 4 is 15.9 Å². The molecule has 4 heteroatoms. The Labute approximate surface area is 108 Å². The van der Waals surface area contributed by atoms with Gasteiger partial charge in [0.2, 0.25) is 0 Å². The van der Waals surface area contributed by atoms with E-state index in [1.807, 2.05) is 18.3 Å². The van der Waals surface area contributed by atoms with E-state index in [1.54, 1.807) is 0 Å². The Morgan fingerprint density at radius 1 is 1.29 bits per heavy atom. The Bertz CT molecular complexity index is 533. The van der Waals surface area contributed by atoms with E-state index in [1.165, 1.54) is 0 Å². The van der Waals surface area contributed by atoms with Crippen molar-refractivity contribution in [1.29, 1.82) is 0 Å². The SMILES string of the molecule is OC1CCn2c(cnc2-c2ccc(Br)cc2)C1. The third-order valence-corrected chi connectivity index (χ3v) is 3.70. The van der Waals surface area contributed by atoms with Crippen LogP contribution in [0.1, 0.15) is 12.1 Å². The van der Waals surface area contributed by atoms with E-state index in [4.69, 9.17) is 0 Å². The van der Waals surface area contributed by atoms with Gasteiger partial charge in [-0.05, 0) is 18.6 Å². The predicted octanol–water partition coefficient (Wildman–Crippen LogP) is 2.62. The molecule has 0 amide bonds. The number of imidazole rings is 1. The zero-order chi connectivity index (χ0) is 11.8. The summed E-state index contributed by atoms with van der Waals surface area (Å²) in [5, 5.41) is 9.62. The Hall–Kier alpha value is -1.13. The van der Waals surface area contributed by atoms with Gasteiger partial charge in [-0.2, -0.15) is 0 Å². The van der Waals surface area contributed by atoms with E-state index in [0.717, 1.165) is 34.5 Å². The summed E-state index contributed by atoms with van der Waals surface area (Å²) in [6.45, 7) is 0.849. The summed E-state index contributed by atoms with van der Waals surface area (Å²) in [6.07, 6.45) is 3.19. The molecule has 2 aromatic rings. The summed E-state index contributed by atoms with van der Waals surface area (Å²) in [5.74, 6) is 0.999. The molecule has 17 heavy (non-hydrogen) atoms. The highest BCUT2D eigenvalue weighted by molar-refractivity contribution is 9.10. The first kappa shape index (κ1) is 11.0. The van der Waals surface area contributed by atoms with Crippen molar-refractivity contribution in [3.8, 4) is 11.4 Å². The van der Waals surface area contributed by atoms with Gasteiger partial charge in [-0.15, -0.1) is 0 Å². The maximum absolute atomic E-state index is 9.62. The zero-order valence-electron chi connectivity index (χ0n) is 9.31. The first-order valence-corrected chi connectivity index (χ1v) is 6.52. The molecule has 3 rings (SSSR count). The molecule has 1 aliphatic heterocycles. The summed E-state index contributed by atoms with van der Waals surface area (Å²) in [6, 6.07) is 8.17. The third-order valence-electron chi connectivity index (χ3n) is 3.17. The van der Waals surface area contributed by atoms with Gasteiger partial charge in [0.25, 0.3) is 0 Å². The van der Waals surface area contributed by atoms with Crippen molar-refractivity contribution < 1.29 is 5.11 Å². The van der Waals surface area contributed by atoms with E-state index in [2.05, 4.69) is 37.6 Å². The van der Waals surface area contributed by atoms with Crippen molar-refractivity contribution in [3.05, 3.63) is 40.6 Å². The van der Waals surface area contributed by atoms with Crippen LogP contribution >= 0.6 is 15.9 Å². The van der Waals surface area contributed by atoms with Crippen LogP contribution in [0.5, 0.6) is 0 Å². The molecule has 0 aliphatic carbocycles. The van der Waals surface area contributed by atoms with Gasteiger partial charge in [0, 0.05) is 34.9 Å². The molecule has 1 aliphatic rings. The lowest BCUT2D eigenvalue weighted by atomic mass is 10.1. The summed E-state index contributed by atoms with van der Waals surface area (Å²) >= 11 is 3.43. The first-order chi connectivity index (χ1) is 8.24. The molecule has 0 fully saturated rings. The number of aromatic nitrogens is 2. The standard InChI is InChI=1S/C13H13BrN2O/c14-10-3-1-9(2-4-10)13-15-8-11-7-12(17)5-6-16(11)13/h1-4,8,12,17H,5-7H2. The number of halogens is 1. The quantitative estimate of drug-likeness (QED) is 0.877. The first-order valence-electron chi connectivity index (χ1n) is 5.72. The molecular formula is C13H13BrN2O. The highest BCUT2D eigenvalue weighted by Gasteiger charge is 2.20. The van der Waals surface area contributed by atoms with Crippen molar-refractivity contribution in [1.82, 2.24) is 9.55 Å². The van der Waals surface area contributed by atoms with Crippen molar-refractivity contribution in [2.24, 2.45) is 0 Å². The van der Waals surface area contributed by atoms with E-state index >= 15 is 0 Å². The monoisotopic (exact) mass is 292 g/mol. The van der Waals surface area contributed by atoms with Crippen LogP contribution in [0.15, 0.2) is 34.9 Å². The molecule has 0 bridgehead atoms. The number of hydrogen-bond acceptors (Lipinski definition) is 2. The Morgan fingerprint density at radius 2 is 2.06 bits per heavy atom. The van der Waals surface area contributed by atoms with Gasteiger partial charge in [-0.3, -0.25) is 0 Å². The van der Waals surface area contributed by atoms with E-state index in [-0.39, 0.29) is 6.10 Å². The van der Waals surface area contributed by atoms with Crippen LogP contribution in [0.4, 0.5) is 0 Å². The van der Waals surface area contributed by atoms with E-state index in [0.29, 0.717) is 6.42 Å². The Morgan fingerprint density at radius 3 is 2.82 bits per heavy atom. The molecule has 3 nitrogen and oxygen atoms in total. The number of fused-ring (bicyclic) bond motifs is 1. The van der Waals surface area contributed by atoms with Gasteiger partial charge in [0.1, 0.15) is 5.82 Å². The van der Waals surface area contributed by atoms with Crippen LogP contribution < -0.4 is 0 Å². The number of aliphatic hydroxyl groups excluding tert-OH is 1. The van der Waals surface area contributed by atoms with Crippen LogP contribution in [-0.2, 0) is 13.0 Å². The van der Waals surface area contributed by atoms with Gasteiger partial charge >= 0.3 is 0 Å². The van der Waals surface area contributed by atoms with Gasteiger partial charge in [-0.1, -0.05) is 28.1 Å². The molecule has 0 saturated carbocycles. The highest BCUT2D eigenvalue weighted by Crippen LogP contribution is 2.25. The summed E-state index contributed by atoms with van der Waals surface area (Å²) in [5.41, 5.74) is 2.25. The van der Waals surface area contributed by atoms with Crippen molar-refractivity contribution in [2.75, 3.05) is 0 Å². The number of benzene rings is 1. The molecule has 1 aromatic heterocycles. The molecule has 88 valence electrons. The number of rotatable bonds is 1. The lowest BCUT2D eigenvalue weighted by molar-refractivity contribution is 0.144. The summed E-state index contributed by atoms with van der Waals surface area (Å²) < 4.78 is 3.28. The van der Waals surface area contributed by atoms with E-state index in [9.17, 15) is 5.11 Å². The van der Waals surface area contributed by atoms with Gasteiger partial charge in [0.15, 0.2) is 0 Å². The summed E-state index contributed by atoms with van der Waals surface area (Å²) in [4.78, 5) is 4.47. The van der Waals surface area contributed by atoms with Crippen LogP contribution in [0.2, 0.25) is 0 Å². The maximum atomic E-state index is 9.62. The average Bonchev–Trinajstić information content (AvgIpc) is 2.73. The smallest absolute Gasteiger partial charge is 0.140 e. The Kier molecular flexibility index (Phi) is 2.76. The minimum atomic E-state index is -0.211. The molecular weight excluding hydrogens is 280 g/mol. The lowest BCUT2D eigenvalue weighted by Gasteiger charge is -2.21. The second-order valence-electron chi connectivity index (χ2n) is 4.38. The fraction of sp³-hybridized carbons (Fsp3) is 0.308. The summed E-state index contributed by atoms with van der Waals surface area (Å²) in [7, 11) is 0. The topological polar surface area (TPSA) is 38.0 Å². The van der Waals surface area contributed by atoms with Gasteiger partial charge in [-0.25, -0.2) is 4.98 Å². The molecule has 0 radical (unpaired) electrons. The number of aliphatic hydroxyl groups is 1. The number of nitrogens with zero attached hydrogens (tertiary/aromatic N) is 2. The lowest BCUT2D eigenvalue weighted by Crippen LogP contribution is -2.22. The molecule has 1 atom stereocenters. The minimum Gasteiger partial charge on any atom is -0.393 e. The second kappa shape index (κ2) is 4.27. The maximum Gasteiger partial charge on any atom is 0.140 e. The van der Waals surface area contributed by atoms with Crippen LogP contribution in [-0.4, -0.2) is 20.8 Å². The van der Waals surface area contributed by atoms with Crippen LogP contribution in [0, 0.1) is 0 Å². The molecule has 1 N–H and O–H groups in total. The Balaban J connectivity index is 2.02. The van der Waals surface area contributed by atoms with E-state index < -0.39 is 0 Å². The van der Waals surface area contributed by atoms with Crippen molar-refractivity contribution in [2.45, 2.75) is 25.5 Å². The molecule has 1 unspecified atom stereocenters. The van der Waals surface area contributed by atoms with Gasteiger partial charge in [0.05, 0.1) is 6.10 Å². The molecule has 0 spiro atoms. The average molecular weight is 293 g/mol.